The standard InChI is InChI=1S/C16H24N2O3/c1-16(2,3)18-14(19)9-13(17)15(18)10-6-11(20-4)8-12(7-10)21-5/h6-8,13,15H,9,17H2,1-5H3. The second kappa shape index (κ2) is 5.56. The molecule has 1 aromatic rings. The molecule has 1 aliphatic heterocycles. The van der Waals surface area contributed by atoms with Gasteiger partial charge >= 0.3 is 0 Å². The van der Waals surface area contributed by atoms with Gasteiger partial charge in [0.1, 0.15) is 11.5 Å². The molecule has 1 aliphatic rings. The Morgan fingerprint density at radius 2 is 1.67 bits per heavy atom. The normalized spacial score (nSPS) is 22.6. The molecule has 0 aromatic heterocycles. The van der Waals surface area contributed by atoms with Gasteiger partial charge in [-0.05, 0) is 38.5 Å². The number of carbonyl (C=O) groups is 1. The van der Waals surface area contributed by atoms with Crippen LogP contribution >= 0.6 is 0 Å². The Balaban J connectivity index is 2.49. The molecule has 5 heteroatoms. The Hall–Kier alpha value is -1.75. The molecule has 2 atom stereocenters. The topological polar surface area (TPSA) is 64.8 Å². The molecule has 1 amide bonds. The zero-order chi connectivity index (χ0) is 15.8. The summed E-state index contributed by atoms with van der Waals surface area (Å²) in [5.74, 6) is 1.48. The lowest BCUT2D eigenvalue weighted by molar-refractivity contribution is -0.133. The van der Waals surface area contributed by atoms with E-state index in [-0.39, 0.29) is 23.5 Å². The number of nitrogens with two attached hydrogens (primary N) is 1. The highest BCUT2D eigenvalue weighted by molar-refractivity contribution is 5.81. The monoisotopic (exact) mass is 292 g/mol. The maximum Gasteiger partial charge on any atom is 0.225 e. The number of amides is 1. The van der Waals surface area contributed by atoms with Crippen LogP contribution in [-0.4, -0.2) is 36.6 Å². The van der Waals surface area contributed by atoms with E-state index in [2.05, 4.69) is 0 Å². The first-order valence-electron chi connectivity index (χ1n) is 7.08. The first kappa shape index (κ1) is 15.6. The van der Waals surface area contributed by atoms with Crippen molar-refractivity contribution in [1.29, 1.82) is 0 Å². The highest BCUT2D eigenvalue weighted by Crippen LogP contribution is 2.39. The summed E-state index contributed by atoms with van der Waals surface area (Å²) in [4.78, 5) is 14.2. The highest BCUT2D eigenvalue weighted by Gasteiger charge is 2.44. The fraction of sp³-hybridized carbons (Fsp3) is 0.562. The maximum atomic E-state index is 12.3. The molecule has 1 fully saturated rings. The fourth-order valence-corrected chi connectivity index (χ4v) is 2.95. The van der Waals surface area contributed by atoms with Gasteiger partial charge in [-0.3, -0.25) is 4.79 Å². The Morgan fingerprint density at radius 1 is 1.14 bits per heavy atom. The summed E-state index contributed by atoms with van der Waals surface area (Å²) in [6, 6.07) is 5.26. The minimum atomic E-state index is -0.286. The van der Waals surface area contributed by atoms with Crippen LogP contribution in [0.5, 0.6) is 11.5 Å². The fourth-order valence-electron chi connectivity index (χ4n) is 2.95. The lowest BCUT2D eigenvalue weighted by atomic mass is 9.96. The molecule has 116 valence electrons. The van der Waals surface area contributed by atoms with Crippen molar-refractivity contribution < 1.29 is 14.3 Å². The molecule has 5 nitrogen and oxygen atoms in total. The molecule has 1 heterocycles. The predicted octanol–water partition coefficient (Wildman–Crippen LogP) is 2.10. The van der Waals surface area contributed by atoms with E-state index >= 15 is 0 Å². The minimum Gasteiger partial charge on any atom is -0.497 e. The highest BCUT2D eigenvalue weighted by atomic mass is 16.5. The number of carbonyl (C=O) groups excluding carboxylic acids is 1. The molecule has 0 aliphatic carbocycles. The van der Waals surface area contributed by atoms with E-state index in [0.717, 1.165) is 5.56 Å². The van der Waals surface area contributed by atoms with E-state index < -0.39 is 0 Å². The lowest BCUT2D eigenvalue weighted by Gasteiger charge is -2.38. The van der Waals surface area contributed by atoms with Gasteiger partial charge in [0, 0.05) is 24.1 Å². The molecule has 1 aromatic carbocycles. The van der Waals surface area contributed by atoms with Gasteiger partial charge < -0.3 is 20.1 Å². The van der Waals surface area contributed by atoms with Crippen LogP contribution in [0.2, 0.25) is 0 Å². The van der Waals surface area contributed by atoms with Crippen molar-refractivity contribution in [3.63, 3.8) is 0 Å². The van der Waals surface area contributed by atoms with Crippen LogP contribution in [-0.2, 0) is 4.79 Å². The number of rotatable bonds is 3. The Kier molecular flexibility index (Phi) is 4.14. The zero-order valence-corrected chi connectivity index (χ0v) is 13.3. The van der Waals surface area contributed by atoms with E-state index in [0.29, 0.717) is 17.9 Å². The average Bonchev–Trinajstić information content (AvgIpc) is 2.72. The lowest BCUT2D eigenvalue weighted by Crippen LogP contribution is -2.45. The summed E-state index contributed by atoms with van der Waals surface area (Å²) in [5.41, 5.74) is 6.89. The van der Waals surface area contributed by atoms with Crippen molar-refractivity contribution in [2.75, 3.05) is 14.2 Å². The Bertz CT molecular complexity index is 515. The molecular formula is C16H24N2O3. The molecule has 21 heavy (non-hydrogen) atoms. The van der Waals surface area contributed by atoms with Crippen molar-refractivity contribution in [3.8, 4) is 11.5 Å². The zero-order valence-electron chi connectivity index (χ0n) is 13.3. The third-order valence-electron chi connectivity index (χ3n) is 3.80. The van der Waals surface area contributed by atoms with Crippen LogP contribution in [0.3, 0.4) is 0 Å². The van der Waals surface area contributed by atoms with E-state index in [9.17, 15) is 4.79 Å². The first-order chi connectivity index (χ1) is 9.77. The number of ether oxygens (including phenoxy) is 2. The van der Waals surface area contributed by atoms with Crippen LogP contribution in [0.4, 0.5) is 0 Å². The van der Waals surface area contributed by atoms with Crippen molar-refractivity contribution in [2.24, 2.45) is 5.73 Å². The second-order valence-electron chi connectivity index (χ2n) is 6.39. The maximum absolute atomic E-state index is 12.3. The summed E-state index contributed by atoms with van der Waals surface area (Å²) in [7, 11) is 3.22. The number of likely N-dealkylation sites (tertiary alicyclic amines) is 1. The Labute approximate surface area is 126 Å². The number of benzene rings is 1. The van der Waals surface area contributed by atoms with Gasteiger partial charge in [0.15, 0.2) is 0 Å². The molecule has 2 N–H and O–H groups in total. The van der Waals surface area contributed by atoms with Crippen LogP contribution in [0.15, 0.2) is 18.2 Å². The molecule has 0 radical (unpaired) electrons. The summed E-state index contributed by atoms with van der Waals surface area (Å²) in [5, 5.41) is 0. The van der Waals surface area contributed by atoms with E-state index in [1.54, 1.807) is 14.2 Å². The summed E-state index contributed by atoms with van der Waals surface area (Å²) in [6.45, 7) is 6.06. The number of methoxy groups -OCH3 is 2. The van der Waals surface area contributed by atoms with E-state index in [1.165, 1.54) is 0 Å². The van der Waals surface area contributed by atoms with Crippen molar-refractivity contribution in [1.82, 2.24) is 4.90 Å². The number of hydrogen-bond donors (Lipinski definition) is 1. The number of nitrogens with zero attached hydrogens (tertiary/aromatic N) is 1. The molecule has 0 saturated carbocycles. The van der Waals surface area contributed by atoms with E-state index in [4.69, 9.17) is 15.2 Å². The Morgan fingerprint density at radius 3 is 2.10 bits per heavy atom. The van der Waals surface area contributed by atoms with Gasteiger partial charge in [0.25, 0.3) is 0 Å². The molecule has 0 spiro atoms. The van der Waals surface area contributed by atoms with Crippen LogP contribution in [0.1, 0.15) is 38.8 Å². The van der Waals surface area contributed by atoms with Gasteiger partial charge in [-0.1, -0.05) is 0 Å². The van der Waals surface area contributed by atoms with Crippen molar-refractivity contribution in [3.05, 3.63) is 23.8 Å². The smallest absolute Gasteiger partial charge is 0.225 e. The summed E-state index contributed by atoms with van der Waals surface area (Å²) < 4.78 is 10.6. The van der Waals surface area contributed by atoms with E-state index in [1.807, 2.05) is 43.9 Å². The predicted molar refractivity (Wildman–Crippen MR) is 81.5 cm³/mol. The van der Waals surface area contributed by atoms with Crippen LogP contribution in [0.25, 0.3) is 0 Å². The van der Waals surface area contributed by atoms with Gasteiger partial charge in [0.2, 0.25) is 5.91 Å². The summed E-state index contributed by atoms with van der Waals surface area (Å²) in [6.07, 6.45) is 0.363. The molecule has 2 unspecified atom stereocenters. The minimum absolute atomic E-state index is 0.0850. The molecule has 1 saturated heterocycles. The van der Waals surface area contributed by atoms with Gasteiger partial charge in [-0.15, -0.1) is 0 Å². The van der Waals surface area contributed by atoms with Crippen molar-refractivity contribution in [2.45, 2.75) is 44.8 Å². The average molecular weight is 292 g/mol. The number of hydrogen-bond acceptors (Lipinski definition) is 4. The van der Waals surface area contributed by atoms with Crippen molar-refractivity contribution >= 4 is 5.91 Å². The first-order valence-corrected chi connectivity index (χ1v) is 7.08. The third kappa shape index (κ3) is 2.97. The largest absolute Gasteiger partial charge is 0.497 e. The summed E-state index contributed by atoms with van der Waals surface area (Å²) >= 11 is 0. The molecule has 0 bridgehead atoms. The van der Waals surface area contributed by atoms with Gasteiger partial charge in [-0.2, -0.15) is 0 Å². The van der Waals surface area contributed by atoms with Crippen LogP contribution < -0.4 is 15.2 Å². The molecular weight excluding hydrogens is 268 g/mol. The van der Waals surface area contributed by atoms with Gasteiger partial charge in [-0.25, -0.2) is 0 Å². The van der Waals surface area contributed by atoms with Crippen LogP contribution in [0, 0.1) is 0 Å². The second-order valence-corrected chi connectivity index (χ2v) is 6.39. The third-order valence-corrected chi connectivity index (χ3v) is 3.80. The van der Waals surface area contributed by atoms with Gasteiger partial charge in [0.05, 0.1) is 20.3 Å². The SMILES string of the molecule is COc1cc(OC)cc(C2C(N)CC(=O)N2C(C)(C)C)c1. The molecule has 2 rings (SSSR count). The quantitative estimate of drug-likeness (QED) is 0.926.